The summed E-state index contributed by atoms with van der Waals surface area (Å²) in [5.41, 5.74) is 3.52. The number of hydrogen-bond acceptors (Lipinski definition) is 5. The van der Waals surface area contributed by atoms with Crippen LogP contribution in [0.3, 0.4) is 0 Å². The highest BCUT2D eigenvalue weighted by Crippen LogP contribution is 2.43. The highest BCUT2D eigenvalue weighted by atomic mass is 16.2. The van der Waals surface area contributed by atoms with Gasteiger partial charge in [-0.05, 0) is 43.7 Å². The van der Waals surface area contributed by atoms with Crippen LogP contribution in [-0.2, 0) is 4.79 Å². The van der Waals surface area contributed by atoms with Crippen LogP contribution in [0.25, 0.3) is 11.0 Å². The van der Waals surface area contributed by atoms with Crippen molar-refractivity contribution in [2.24, 2.45) is 0 Å². The van der Waals surface area contributed by atoms with E-state index >= 15 is 0 Å². The third-order valence-corrected chi connectivity index (χ3v) is 6.56. The van der Waals surface area contributed by atoms with Gasteiger partial charge in [-0.2, -0.15) is 5.10 Å². The molecule has 7 heteroatoms. The maximum absolute atomic E-state index is 12.6. The van der Waals surface area contributed by atoms with E-state index in [1.165, 1.54) is 36.9 Å². The molecule has 3 fully saturated rings. The summed E-state index contributed by atoms with van der Waals surface area (Å²) in [7, 11) is 0. The van der Waals surface area contributed by atoms with Crippen LogP contribution in [0.5, 0.6) is 0 Å². The molecule has 0 radical (unpaired) electrons. The smallest absolute Gasteiger partial charge is 0.224 e. The fourth-order valence-electron chi connectivity index (χ4n) is 4.72. The lowest BCUT2D eigenvalue weighted by Gasteiger charge is -2.39. The largest absolute Gasteiger partial charge is 0.367 e. The number of hydrogen-bond donors (Lipinski definition) is 2. The van der Waals surface area contributed by atoms with Gasteiger partial charge in [0.25, 0.3) is 0 Å². The van der Waals surface area contributed by atoms with E-state index < -0.39 is 0 Å². The molecule has 2 N–H and O–H groups in total. The number of nitrogens with one attached hydrogen (secondary N) is 2. The van der Waals surface area contributed by atoms with Gasteiger partial charge in [0.15, 0.2) is 5.65 Å². The van der Waals surface area contributed by atoms with Crippen LogP contribution in [0.2, 0.25) is 0 Å². The molecule has 1 aliphatic carbocycles. The van der Waals surface area contributed by atoms with Crippen molar-refractivity contribution in [3.63, 3.8) is 0 Å². The van der Waals surface area contributed by atoms with Crippen LogP contribution in [0.4, 0.5) is 5.69 Å². The summed E-state index contributed by atoms with van der Waals surface area (Å²) in [6, 6.07) is 0.381. The molecule has 2 aromatic rings. The zero-order valence-electron chi connectivity index (χ0n) is 15.8. The molecule has 1 atom stereocenters. The van der Waals surface area contributed by atoms with Crippen molar-refractivity contribution >= 4 is 22.6 Å². The third kappa shape index (κ3) is 3.18. The number of pyridine rings is 1. The van der Waals surface area contributed by atoms with E-state index in [0.717, 1.165) is 50.2 Å². The van der Waals surface area contributed by atoms with Gasteiger partial charge in [-0.15, -0.1) is 0 Å². The van der Waals surface area contributed by atoms with Crippen LogP contribution in [0.1, 0.15) is 50.0 Å². The first-order valence-corrected chi connectivity index (χ1v) is 10.4. The lowest BCUT2D eigenvalue weighted by molar-refractivity contribution is -0.131. The summed E-state index contributed by atoms with van der Waals surface area (Å²) in [6.07, 6.45) is 10.7. The van der Waals surface area contributed by atoms with E-state index in [4.69, 9.17) is 0 Å². The van der Waals surface area contributed by atoms with Gasteiger partial charge in [0.1, 0.15) is 0 Å². The SMILES string of the molecule is O=C(CC1CCCN1)N1CCN(c2c(C3CCC3)cnc3[nH]ncc23)CC1. The number of piperazine rings is 1. The van der Waals surface area contributed by atoms with Gasteiger partial charge in [0.2, 0.25) is 5.91 Å². The van der Waals surface area contributed by atoms with E-state index in [1.807, 2.05) is 17.3 Å². The zero-order chi connectivity index (χ0) is 18.2. The monoisotopic (exact) mass is 368 g/mol. The predicted molar refractivity (Wildman–Crippen MR) is 105 cm³/mol. The molecule has 2 aliphatic heterocycles. The summed E-state index contributed by atoms with van der Waals surface area (Å²) in [5, 5.41) is 11.8. The average Bonchev–Trinajstić information content (AvgIpc) is 3.32. The van der Waals surface area contributed by atoms with Crippen molar-refractivity contribution in [1.29, 1.82) is 0 Å². The molecule has 27 heavy (non-hydrogen) atoms. The molecule has 1 amide bonds. The Morgan fingerprint density at radius 1 is 1.11 bits per heavy atom. The Morgan fingerprint density at radius 3 is 2.67 bits per heavy atom. The third-order valence-electron chi connectivity index (χ3n) is 6.56. The Bertz CT molecular complexity index is 815. The van der Waals surface area contributed by atoms with Gasteiger partial charge < -0.3 is 15.1 Å². The fraction of sp³-hybridized carbons (Fsp3) is 0.650. The molecule has 1 saturated carbocycles. The topological polar surface area (TPSA) is 77.2 Å². The Morgan fingerprint density at radius 2 is 1.96 bits per heavy atom. The maximum Gasteiger partial charge on any atom is 0.224 e. The zero-order valence-corrected chi connectivity index (χ0v) is 15.8. The molecule has 0 bridgehead atoms. The minimum absolute atomic E-state index is 0.302. The number of anilines is 1. The summed E-state index contributed by atoms with van der Waals surface area (Å²) in [5.74, 6) is 0.927. The van der Waals surface area contributed by atoms with Crippen LogP contribution >= 0.6 is 0 Å². The molecular formula is C20H28N6O. The first kappa shape index (κ1) is 17.0. The van der Waals surface area contributed by atoms with Crippen molar-refractivity contribution in [3.05, 3.63) is 18.0 Å². The van der Waals surface area contributed by atoms with Gasteiger partial charge >= 0.3 is 0 Å². The first-order chi connectivity index (χ1) is 13.3. The maximum atomic E-state index is 12.6. The fourth-order valence-corrected chi connectivity index (χ4v) is 4.72. The number of aromatic amines is 1. The normalized spacial score (nSPS) is 23.8. The van der Waals surface area contributed by atoms with E-state index in [0.29, 0.717) is 24.3 Å². The molecule has 2 saturated heterocycles. The van der Waals surface area contributed by atoms with Crippen molar-refractivity contribution in [1.82, 2.24) is 25.4 Å². The highest BCUT2D eigenvalue weighted by molar-refractivity contribution is 5.91. The van der Waals surface area contributed by atoms with Crippen molar-refractivity contribution in [2.75, 3.05) is 37.6 Å². The lowest BCUT2D eigenvalue weighted by Crippen LogP contribution is -2.50. The van der Waals surface area contributed by atoms with Gasteiger partial charge in [0.05, 0.1) is 17.3 Å². The quantitative estimate of drug-likeness (QED) is 0.863. The first-order valence-electron chi connectivity index (χ1n) is 10.4. The van der Waals surface area contributed by atoms with E-state index in [2.05, 4.69) is 25.4 Å². The van der Waals surface area contributed by atoms with Crippen LogP contribution in [0, 0.1) is 0 Å². The second-order valence-electron chi connectivity index (χ2n) is 8.19. The second kappa shape index (κ2) is 7.11. The molecule has 3 aliphatic rings. The number of aromatic nitrogens is 3. The van der Waals surface area contributed by atoms with Crippen LogP contribution in [-0.4, -0.2) is 64.8 Å². The minimum atomic E-state index is 0.302. The molecule has 4 heterocycles. The number of carbonyl (C=O) groups is 1. The number of fused-ring (bicyclic) bond motifs is 1. The predicted octanol–water partition coefficient (Wildman–Crippen LogP) is 2.02. The minimum Gasteiger partial charge on any atom is -0.367 e. The number of nitrogens with zero attached hydrogens (tertiary/aromatic N) is 4. The number of carbonyl (C=O) groups excluding carboxylic acids is 1. The van der Waals surface area contributed by atoms with Crippen LogP contribution in [0.15, 0.2) is 12.4 Å². The molecule has 7 nitrogen and oxygen atoms in total. The number of amides is 1. The van der Waals surface area contributed by atoms with E-state index in [1.54, 1.807) is 0 Å². The number of H-pyrrole nitrogens is 1. The van der Waals surface area contributed by atoms with Gasteiger partial charge in [-0.1, -0.05) is 6.42 Å². The molecule has 0 spiro atoms. The Balaban J connectivity index is 1.31. The molecular weight excluding hydrogens is 340 g/mol. The molecule has 1 unspecified atom stereocenters. The Kier molecular flexibility index (Phi) is 4.47. The van der Waals surface area contributed by atoms with E-state index in [9.17, 15) is 4.79 Å². The van der Waals surface area contributed by atoms with Gasteiger partial charge in [0, 0.05) is 44.8 Å². The van der Waals surface area contributed by atoms with Gasteiger partial charge in [-0.3, -0.25) is 9.89 Å². The molecule has 0 aromatic carbocycles. The van der Waals surface area contributed by atoms with Crippen molar-refractivity contribution < 1.29 is 4.79 Å². The summed E-state index contributed by atoms with van der Waals surface area (Å²) in [4.78, 5) is 21.7. The van der Waals surface area contributed by atoms with Crippen molar-refractivity contribution in [3.8, 4) is 0 Å². The molecule has 5 rings (SSSR count). The Labute approximate surface area is 159 Å². The molecule has 2 aromatic heterocycles. The summed E-state index contributed by atoms with van der Waals surface area (Å²) < 4.78 is 0. The summed E-state index contributed by atoms with van der Waals surface area (Å²) >= 11 is 0. The summed E-state index contributed by atoms with van der Waals surface area (Å²) in [6.45, 7) is 4.43. The lowest BCUT2D eigenvalue weighted by atomic mass is 9.79. The van der Waals surface area contributed by atoms with Crippen LogP contribution < -0.4 is 10.2 Å². The van der Waals surface area contributed by atoms with Gasteiger partial charge in [-0.25, -0.2) is 4.98 Å². The average molecular weight is 368 g/mol. The standard InChI is InChI=1S/C20H28N6O/c27-18(11-15-5-2-6-21-15)25-7-9-26(10-8-25)19-16(14-3-1-4-14)12-22-20-17(19)13-23-24-20/h12-15,21H,1-11H2,(H,22,23,24). The second-order valence-corrected chi connectivity index (χ2v) is 8.19. The molecule has 144 valence electrons. The van der Waals surface area contributed by atoms with Crippen molar-refractivity contribution in [2.45, 2.75) is 50.5 Å². The van der Waals surface area contributed by atoms with E-state index in [-0.39, 0.29) is 0 Å². The Hall–Kier alpha value is -2.15. The highest BCUT2D eigenvalue weighted by Gasteiger charge is 2.30. The number of rotatable bonds is 4.